The number of quaternary nitrogens is 1. The van der Waals surface area contributed by atoms with E-state index in [4.69, 9.17) is 14.2 Å². The van der Waals surface area contributed by atoms with E-state index in [0.717, 1.165) is 74.7 Å². The molecule has 1 N–H and O–H groups in total. The van der Waals surface area contributed by atoms with Gasteiger partial charge in [0.1, 0.15) is 24.3 Å². The summed E-state index contributed by atoms with van der Waals surface area (Å²) in [6, 6.07) is 14.6. The maximum atomic E-state index is 13.4. The van der Waals surface area contributed by atoms with Crippen LogP contribution in [0.1, 0.15) is 55.2 Å². The molecule has 3 heterocycles. The Morgan fingerprint density at radius 3 is 2.84 bits per heavy atom. The van der Waals surface area contributed by atoms with Crippen molar-refractivity contribution in [3.63, 3.8) is 0 Å². The second kappa shape index (κ2) is 8.55. The molecular formula is C31H38NO5+. The van der Waals surface area contributed by atoms with Crippen LogP contribution in [0.3, 0.4) is 0 Å². The van der Waals surface area contributed by atoms with Gasteiger partial charge in [0.2, 0.25) is 0 Å². The number of carbonyl (C=O) groups excluding carboxylic acids is 1. The Kier molecular flexibility index (Phi) is 5.47. The molecule has 2 aliphatic carbocycles. The molecule has 0 amide bonds. The van der Waals surface area contributed by atoms with Gasteiger partial charge in [-0.3, -0.25) is 4.79 Å². The lowest BCUT2D eigenvalue weighted by atomic mass is 9.48. The molecule has 4 unspecified atom stereocenters. The summed E-state index contributed by atoms with van der Waals surface area (Å²) in [6.45, 7) is 3.45. The van der Waals surface area contributed by atoms with E-state index in [1.807, 2.05) is 0 Å². The van der Waals surface area contributed by atoms with Gasteiger partial charge in [-0.05, 0) is 49.3 Å². The first-order chi connectivity index (χ1) is 18.0. The molecule has 6 nitrogen and oxygen atoms in total. The maximum Gasteiger partial charge on any atom is 0.174 e. The highest BCUT2D eigenvalue weighted by molar-refractivity contribution is 5.90. The Morgan fingerprint density at radius 2 is 2.03 bits per heavy atom. The van der Waals surface area contributed by atoms with Crippen molar-refractivity contribution < 1.29 is 28.6 Å². The summed E-state index contributed by atoms with van der Waals surface area (Å²) in [5.74, 6) is 0.832. The van der Waals surface area contributed by atoms with Gasteiger partial charge in [0.25, 0.3) is 0 Å². The fourth-order valence-corrected chi connectivity index (χ4v) is 8.74. The Morgan fingerprint density at radius 1 is 1.16 bits per heavy atom. The molecule has 2 aromatic rings. The van der Waals surface area contributed by atoms with Crippen molar-refractivity contribution in [3.05, 3.63) is 59.2 Å². The molecule has 2 saturated heterocycles. The van der Waals surface area contributed by atoms with E-state index in [9.17, 15) is 9.90 Å². The minimum atomic E-state index is -0.572. The van der Waals surface area contributed by atoms with Crippen LogP contribution < -0.4 is 4.74 Å². The smallest absolute Gasteiger partial charge is 0.174 e. The number of carbonyl (C=O) groups is 1. The molecule has 2 bridgehead atoms. The van der Waals surface area contributed by atoms with Crippen molar-refractivity contribution in [2.24, 2.45) is 0 Å². The van der Waals surface area contributed by atoms with E-state index in [2.05, 4.69) is 43.4 Å². The van der Waals surface area contributed by atoms with E-state index in [0.29, 0.717) is 18.8 Å². The van der Waals surface area contributed by atoms with Crippen LogP contribution in [-0.2, 0) is 32.5 Å². The van der Waals surface area contributed by atoms with Gasteiger partial charge in [0.15, 0.2) is 23.4 Å². The summed E-state index contributed by atoms with van der Waals surface area (Å²) in [7, 11) is 2.39. The van der Waals surface area contributed by atoms with E-state index in [1.165, 1.54) is 11.1 Å². The first kappa shape index (κ1) is 23.7. The molecule has 5 aliphatic rings. The van der Waals surface area contributed by atoms with Crippen LogP contribution in [0.2, 0.25) is 0 Å². The van der Waals surface area contributed by atoms with Gasteiger partial charge in [-0.15, -0.1) is 0 Å². The molecule has 6 heteroatoms. The van der Waals surface area contributed by atoms with Crippen molar-refractivity contribution in [1.29, 1.82) is 0 Å². The molecule has 0 radical (unpaired) electrons. The zero-order valence-corrected chi connectivity index (χ0v) is 21.8. The van der Waals surface area contributed by atoms with Crippen LogP contribution in [0.25, 0.3) is 0 Å². The molecule has 7 rings (SSSR count). The number of piperidine rings is 1. The Balaban J connectivity index is 1.30. The molecule has 6 atom stereocenters. The van der Waals surface area contributed by atoms with Gasteiger partial charge in [0.05, 0.1) is 19.0 Å². The van der Waals surface area contributed by atoms with Crippen LogP contribution in [0.4, 0.5) is 0 Å². The van der Waals surface area contributed by atoms with E-state index in [-0.39, 0.29) is 23.7 Å². The number of likely N-dealkylation sites (N-methyl/N-ethyl adjacent to an activating group) is 1. The van der Waals surface area contributed by atoms with Crippen molar-refractivity contribution in [2.75, 3.05) is 33.4 Å². The monoisotopic (exact) mass is 504 g/mol. The standard InChI is InChI=1S/C31H37NO5/c1-32(20-23-10-6-17-35-23)16-15-30-27-22-11-12-24(33)28(27)37-29(30)25(34)13-14-31(30,26(32)19-22)36-18-5-9-21-7-3-2-4-8-21/h2-4,7-8,11-12,23,26,29H,5-6,9-10,13-20H2,1H3/p+1/t23?,26?,29?,30-,31?,32+/m0/s1. The Hall–Kier alpha value is -2.41. The number of phenols is 1. The first-order valence-electron chi connectivity index (χ1n) is 14.2. The third kappa shape index (κ3) is 3.31. The van der Waals surface area contributed by atoms with Crippen molar-refractivity contribution in [2.45, 2.75) is 80.6 Å². The zero-order valence-electron chi connectivity index (χ0n) is 21.8. The fraction of sp³-hybridized carbons (Fsp3) is 0.581. The second-order valence-corrected chi connectivity index (χ2v) is 12.2. The highest BCUT2D eigenvalue weighted by Crippen LogP contribution is 2.67. The van der Waals surface area contributed by atoms with Crippen molar-refractivity contribution in [3.8, 4) is 11.5 Å². The average Bonchev–Trinajstić information content (AvgIpc) is 3.54. The number of likely N-dealkylation sites (tertiary alicyclic amines) is 1. The van der Waals surface area contributed by atoms with Crippen LogP contribution >= 0.6 is 0 Å². The van der Waals surface area contributed by atoms with Gasteiger partial charge >= 0.3 is 0 Å². The number of Topliss-reactive ketones (excluding diaryl/α,β-unsaturated/α-hetero) is 1. The molecule has 3 fully saturated rings. The minimum absolute atomic E-state index is 0.147. The maximum absolute atomic E-state index is 13.4. The first-order valence-corrected chi connectivity index (χ1v) is 14.2. The molecule has 196 valence electrons. The minimum Gasteiger partial charge on any atom is -0.504 e. The largest absolute Gasteiger partial charge is 0.504 e. The molecule has 2 aromatic carbocycles. The lowest BCUT2D eigenvalue weighted by Gasteiger charge is -2.66. The number of ketones is 1. The third-order valence-electron chi connectivity index (χ3n) is 10.3. The average molecular weight is 505 g/mol. The van der Waals surface area contributed by atoms with Gasteiger partial charge in [0, 0.05) is 38.0 Å². The quantitative estimate of drug-likeness (QED) is 0.455. The number of aryl methyl sites for hydroxylation is 1. The number of phenolic OH excluding ortho intramolecular Hbond substituents is 1. The number of hydrogen-bond donors (Lipinski definition) is 1. The summed E-state index contributed by atoms with van der Waals surface area (Å²) < 4.78 is 20.6. The number of aromatic hydroxyl groups is 1. The zero-order chi connectivity index (χ0) is 25.3. The van der Waals surface area contributed by atoms with Crippen LogP contribution in [-0.4, -0.2) is 72.6 Å². The molecule has 1 spiro atoms. The molecular weight excluding hydrogens is 466 g/mol. The number of rotatable bonds is 7. The van der Waals surface area contributed by atoms with Crippen molar-refractivity contribution >= 4 is 5.78 Å². The fourth-order valence-electron chi connectivity index (χ4n) is 8.74. The van der Waals surface area contributed by atoms with Crippen molar-refractivity contribution in [1.82, 2.24) is 0 Å². The summed E-state index contributed by atoms with van der Waals surface area (Å²) in [5, 5.41) is 10.8. The SMILES string of the molecule is C[N@+]1(CC2CCCO2)CC[C@]23c4c5ccc(O)c4OC2C(=O)CCC3(OCCCc2ccccc2)C1C5. The van der Waals surface area contributed by atoms with Gasteiger partial charge < -0.3 is 23.8 Å². The van der Waals surface area contributed by atoms with Gasteiger partial charge in [-0.25, -0.2) is 0 Å². The topological polar surface area (TPSA) is 65.0 Å². The van der Waals surface area contributed by atoms with Crippen LogP contribution in [0.5, 0.6) is 11.5 Å². The number of ether oxygens (including phenoxy) is 3. The molecule has 1 saturated carbocycles. The van der Waals surface area contributed by atoms with Crippen LogP contribution in [0.15, 0.2) is 42.5 Å². The molecule has 37 heavy (non-hydrogen) atoms. The highest BCUT2D eigenvalue weighted by atomic mass is 16.5. The lowest BCUT2D eigenvalue weighted by Crippen LogP contribution is -2.82. The number of benzene rings is 2. The predicted molar refractivity (Wildman–Crippen MR) is 139 cm³/mol. The predicted octanol–water partition coefficient (Wildman–Crippen LogP) is 4.10. The summed E-state index contributed by atoms with van der Waals surface area (Å²) in [6.07, 6.45) is 6.75. The van der Waals surface area contributed by atoms with E-state index in [1.54, 1.807) is 6.07 Å². The Bertz CT molecular complexity index is 1210. The summed E-state index contributed by atoms with van der Waals surface area (Å²) in [5.41, 5.74) is 2.57. The normalized spacial score (nSPS) is 37.3. The summed E-state index contributed by atoms with van der Waals surface area (Å²) >= 11 is 0. The van der Waals surface area contributed by atoms with E-state index >= 15 is 0 Å². The second-order valence-electron chi connectivity index (χ2n) is 12.2. The lowest BCUT2D eigenvalue weighted by molar-refractivity contribution is -0.951. The van der Waals surface area contributed by atoms with Gasteiger partial charge in [-0.2, -0.15) is 0 Å². The van der Waals surface area contributed by atoms with E-state index < -0.39 is 17.1 Å². The Labute approximate surface area is 219 Å². The number of nitrogens with zero attached hydrogens (tertiary/aromatic N) is 1. The highest BCUT2D eigenvalue weighted by Gasteiger charge is 2.77. The van der Waals surface area contributed by atoms with Gasteiger partial charge in [-0.1, -0.05) is 36.4 Å². The third-order valence-corrected chi connectivity index (χ3v) is 10.3. The molecule has 0 aromatic heterocycles. The number of hydrogen-bond acceptors (Lipinski definition) is 5. The molecule has 3 aliphatic heterocycles. The van der Waals surface area contributed by atoms with Crippen LogP contribution in [0, 0.1) is 0 Å². The summed E-state index contributed by atoms with van der Waals surface area (Å²) in [4.78, 5) is 13.4.